The van der Waals surface area contributed by atoms with Gasteiger partial charge in [0.25, 0.3) is 0 Å². The van der Waals surface area contributed by atoms with Crippen LogP contribution in [0.1, 0.15) is 6.92 Å². The first-order valence-electron chi connectivity index (χ1n) is 6.75. The third-order valence-corrected chi connectivity index (χ3v) is 3.05. The van der Waals surface area contributed by atoms with Gasteiger partial charge in [-0.25, -0.2) is 9.18 Å². The highest BCUT2D eigenvalue weighted by Crippen LogP contribution is 2.37. The third-order valence-electron chi connectivity index (χ3n) is 2.75. The summed E-state index contributed by atoms with van der Waals surface area (Å²) in [5.74, 6) is -1.85. The Bertz CT molecular complexity index is 781. The van der Waals surface area contributed by atoms with Gasteiger partial charge in [0.05, 0.1) is 10.7 Å². The van der Waals surface area contributed by atoms with Crippen LogP contribution in [0.4, 0.5) is 10.1 Å². The number of aliphatic carboxylic acids is 1. The number of carboxylic acid groups (broad SMARTS) is 1. The van der Waals surface area contributed by atoms with Crippen LogP contribution in [0.5, 0.6) is 17.2 Å². The van der Waals surface area contributed by atoms with E-state index in [1.54, 1.807) is 12.1 Å². The molecule has 0 unspecified atom stereocenters. The monoisotopic (exact) mass is 353 g/mol. The van der Waals surface area contributed by atoms with Crippen molar-refractivity contribution in [1.82, 2.24) is 0 Å². The van der Waals surface area contributed by atoms with Crippen molar-refractivity contribution in [3.63, 3.8) is 0 Å². The normalized spacial score (nSPS) is 10.1. The standard InChI is InChI=1S/C16H13ClFNO5/c1-9(20)19-12-7-15(10(17)6-11(12)18)24-14-5-3-2-4-13(14)23-8-16(21)22/h2-7H,8H2,1H3,(H,19,20)(H,21,22). The number of benzene rings is 2. The second kappa shape index (κ2) is 7.65. The lowest BCUT2D eigenvalue weighted by Gasteiger charge is -2.14. The van der Waals surface area contributed by atoms with E-state index in [1.165, 1.54) is 25.1 Å². The van der Waals surface area contributed by atoms with Crippen LogP contribution in [0.15, 0.2) is 36.4 Å². The first kappa shape index (κ1) is 17.6. The molecular weight excluding hydrogens is 341 g/mol. The van der Waals surface area contributed by atoms with Gasteiger partial charge in [-0.1, -0.05) is 23.7 Å². The Morgan fingerprint density at radius 2 is 1.88 bits per heavy atom. The van der Waals surface area contributed by atoms with Gasteiger partial charge in [0.1, 0.15) is 11.6 Å². The molecule has 0 saturated heterocycles. The summed E-state index contributed by atoms with van der Waals surface area (Å²) in [5, 5.41) is 11.0. The van der Waals surface area contributed by atoms with Gasteiger partial charge in [-0.15, -0.1) is 0 Å². The van der Waals surface area contributed by atoms with Crippen molar-refractivity contribution in [3.8, 4) is 17.2 Å². The van der Waals surface area contributed by atoms with Crippen molar-refractivity contribution in [2.45, 2.75) is 6.92 Å². The largest absolute Gasteiger partial charge is 0.479 e. The predicted molar refractivity (Wildman–Crippen MR) is 85.4 cm³/mol. The molecule has 6 nitrogen and oxygen atoms in total. The summed E-state index contributed by atoms with van der Waals surface area (Å²) in [5.41, 5.74) is -0.0918. The highest BCUT2D eigenvalue weighted by Gasteiger charge is 2.14. The van der Waals surface area contributed by atoms with Crippen molar-refractivity contribution < 1.29 is 28.6 Å². The number of hydrogen-bond acceptors (Lipinski definition) is 4. The minimum absolute atomic E-state index is 0.0189. The second-order valence-electron chi connectivity index (χ2n) is 4.67. The van der Waals surface area contributed by atoms with Crippen molar-refractivity contribution >= 4 is 29.2 Å². The fourth-order valence-electron chi connectivity index (χ4n) is 1.80. The molecule has 0 heterocycles. The van der Waals surface area contributed by atoms with E-state index in [1.807, 2.05) is 0 Å². The van der Waals surface area contributed by atoms with Crippen molar-refractivity contribution in [2.24, 2.45) is 0 Å². The molecule has 0 aliphatic heterocycles. The molecular formula is C16H13ClFNO5. The van der Waals surface area contributed by atoms with E-state index in [9.17, 15) is 14.0 Å². The number of anilines is 1. The Hall–Kier alpha value is -2.80. The van der Waals surface area contributed by atoms with E-state index in [4.69, 9.17) is 26.2 Å². The number of rotatable bonds is 6. The van der Waals surface area contributed by atoms with Crippen LogP contribution in [0.25, 0.3) is 0 Å². The summed E-state index contributed by atoms with van der Waals surface area (Å²) < 4.78 is 24.5. The van der Waals surface area contributed by atoms with Crippen LogP contribution < -0.4 is 14.8 Å². The highest BCUT2D eigenvalue weighted by atomic mass is 35.5. The van der Waals surface area contributed by atoms with E-state index < -0.39 is 24.3 Å². The lowest BCUT2D eigenvalue weighted by atomic mass is 10.2. The van der Waals surface area contributed by atoms with Gasteiger partial charge >= 0.3 is 5.97 Å². The van der Waals surface area contributed by atoms with E-state index >= 15 is 0 Å². The summed E-state index contributed by atoms with van der Waals surface area (Å²) in [6.45, 7) is 0.693. The zero-order valence-electron chi connectivity index (χ0n) is 12.5. The summed E-state index contributed by atoms with van der Waals surface area (Å²) in [6, 6.07) is 8.57. The molecule has 126 valence electrons. The molecule has 0 bridgehead atoms. The Labute approximate surface area is 141 Å². The maximum absolute atomic E-state index is 13.8. The summed E-state index contributed by atoms with van der Waals surface area (Å²) in [7, 11) is 0. The highest BCUT2D eigenvalue weighted by molar-refractivity contribution is 6.32. The van der Waals surface area contributed by atoms with E-state index in [-0.39, 0.29) is 28.0 Å². The number of carbonyl (C=O) groups is 2. The average Bonchev–Trinajstić information content (AvgIpc) is 2.50. The van der Waals surface area contributed by atoms with Crippen LogP contribution in [0.2, 0.25) is 5.02 Å². The summed E-state index contributed by atoms with van der Waals surface area (Å²) in [6.07, 6.45) is 0. The summed E-state index contributed by atoms with van der Waals surface area (Å²) in [4.78, 5) is 21.7. The van der Waals surface area contributed by atoms with Gasteiger partial charge in [0.2, 0.25) is 5.91 Å². The molecule has 8 heteroatoms. The zero-order valence-corrected chi connectivity index (χ0v) is 13.3. The van der Waals surface area contributed by atoms with Crippen molar-refractivity contribution in [2.75, 3.05) is 11.9 Å². The lowest BCUT2D eigenvalue weighted by molar-refractivity contribution is -0.139. The molecule has 0 spiro atoms. The molecule has 0 aliphatic carbocycles. The predicted octanol–water partition coefficient (Wildman–Crippen LogP) is 3.69. The number of carboxylic acids is 1. The van der Waals surface area contributed by atoms with Gasteiger partial charge in [-0.3, -0.25) is 4.79 Å². The number of ether oxygens (including phenoxy) is 2. The molecule has 2 aromatic carbocycles. The molecule has 0 aliphatic rings. The molecule has 0 aromatic heterocycles. The number of carbonyl (C=O) groups excluding carboxylic acids is 1. The van der Waals surface area contributed by atoms with Crippen LogP contribution >= 0.6 is 11.6 Å². The average molecular weight is 354 g/mol. The third kappa shape index (κ3) is 4.60. The second-order valence-corrected chi connectivity index (χ2v) is 5.08. The SMILES string of the molecule is CC(=O)Nc1cc(Oc2ccccc2OCC(=O)O)c(Cl)cc1F. The molecule has 2 rings (SSSR count). The Morgan fingerprint density at radius 3 is 2.50 bits per heavy atom. The molecule has 0 fully saturated rings. The maximum atomic E-state index is 13.8. The first-order chi connectivity index (χ1) is 11.4. The fraction of sp³-hybridized carbons (Fsp3) is 0.125. The van der Waals surface area contributed by atoms with Gasteiger partial charge in [-0.05, 0) is 18.2 Å². The smallest absolute Gasteiger partial charge is 0.341 e. The molecule has 0 atom stereocenters. The minimum Gasteiger partial charge on any atom is -0.479 e. The van der Waals surface area contributed by atoms with Crippen LogP contribution in [0, 0.1) is 5.82 Å². The Morgan fingerprint density at radius 1 is 1.21 bits per heavy atom. The molecule has 24 heavy (non-hydrogen) atoms. The van der Waals surface area contributed by atoms with Gasteiger partial charge < -0.3 is 19.9 Å². The van der Waals surface area contributed by atoms with E-state index in [0.717, 1.165) is 6.07 Å². The molecule has 1 amide bonds. The fourth-order valence-corrected chi connectivity index (χ4v) is 1.99. The van der Waals surface area contributed by atoms with Gasteiger partial charge in [0.15, 0.2) is 18.1 Å². The topological polar surface area (TPSA) is 84.9 Å². The van der Waals surface area contributed by atoms with Crippen LogP contribution in [-0.2, 0) is 9.59 Å². The first-order valence-corrected chi connectivity index (χ1v) is 7.12. The lowest BCUT2D eigenvalue weighted by Crippen LogP contribution is -2.10. The van der Waals surface area contributed by atoms with Crippen molar-refractivity contribution in [1.29, 1.82) is 0 Å². The van der Waals surface area contributed by atoms with Gasteiger partial charge in [-0.2, -0.15) is 0 Å². The summed E-state index contributed by atoms with van der Waals surface area (Å²) >= 11 is 5.96. The van der Waals surface area contributed by atoms with Crippen molar-refractivity contribution in [3.05, 3.63) is 47.2 Å². The van der Waals surface area contributed by atoms with E-state index in [2.05, 4.69) is 5.32 Å². The number of nitrogens with one attached hydrogen (secondary N) is 1. The zero-order chi connectivity index (χ0) is 17.7. The van der Waals surface area contributed by atoms with Crippen LogP contribution in [-0.4, -0.2) is 23.6 Å². The van der Waals surface area contributed by atoms with Crippen LogP contribution in [0.3, 0.4) is 0 Å². The van der Waals surface area contributed by atoms with Gasteiger partial charge in [0, 0.05) is 13.0 Å². The minimum atomic E-state index is -1.14. The number of hydrogen-bond donors (Lipinski definition) is 2. The number of halogens is 2. The maximum Gasteiger partial charge on any atom is 0.341 e. The molecule has 2 aromatic rings. The Balaban J connectivity index is 2.31. The quantitative estimate of drug-likeness (QED) is 0.827. The molecule has 0 saturated carbocycles. The Kier molecular flexibility index (Phi) is 5.59. The number of amides is 1. The van der Waals surface area contributed by atoms with E-state index in [0.29, 0.717) is 0 Å². The number of para-hydroxylation sites is 2. The molecule has 2 N–H and O–H groups in total. The molecule has 0 radical (unpaired) electrons.